The maximum absolute atomic E-state index is 9.84. The molecule has 1 aliphatic carbocycles. The van der Waals surface area contributed by atoms with Crippen molar-refractivity contribution < 1.29 is 5.21 Å². The molecule has 0 amide bonds. The second kappa shape index (κ2) is 9.22. The summed E-state index contributed by atoms with van der Waals surface area (Å²) in [5.74, 6) is 0. The number of hydrogen-bond donors (Lipinski definition) is 1. The molecule has 6 heteroatoms. The SMILES string of the molecule is CC(C)Sc1ccc2c(c1)/C(=N/O)c1cc(SN3CCN(c4ccccc4)CC3)ccc1-2. The Kier molecular flexibility index (Phi) is 6.17. The van der Waals surface area contributed by atoms with Crippen LogP contribution >= 0.6 is 23.7 Å². The lowest BCUT2D eigenvalue weighted by Gasteiger charge is -2.35. The van der Waals surface area contributed by atoms with Crippen LogP contribution in [-0.4, -0.2) is 46.7 Å². The Hall–Kier alpha value is -2.41. The van der Waals surface area contributed by atoms with Crippen molar-refractivity contribution in [3.8, 4) is 11.1 Å². The van der Waals surface area contributed by atoms with Crippen LogP contribution in [0.15, 0.2) is 81.7 Å². The summed E-state index contributed by atoms with van der Waals surface area (Å²) in [6.07, 6.45) is 0. The van der Waals surface area contributed by atoms with E-state index >= 15 is 0 Å². The highest BCUT2D eigenvalue weighted by molar-refractivity contribution is 7.99. The molecule has 0 spiro atoms. The third-order valence-electron chi connectivity index (χ3n) is 5.85. The van der Waals surface area contributed by atoms with E-state index in [2.05, 4.69) is 94.9 Å². The molecule has 164 valence electrons. The number of hydrogen-bond acceptors (Lipinski definition) is 6. The quantitative estimate of drug-likeness (QED) is 0.165. The first-order chi connectivity index (χ1) is 15.6. The molecule has 32 heavy (non-hydrogen) atoms. The van der Waals surface area contributed by atoms with Gasteiger partial charge in [-0.2, -0.15) is 0 Å². The fourth-order valence-corrected chi connectivity index (χ4v) is 6.21. The Bertz CT molecular complexity index is 1140. The fraction of sp³-hybridized carbons (Fsp3) is 0.269. The van der Waals surface area contributed by atoms with Gasteiger partial charge in [0.25, 0.3) is 0 Å². The van der Waals surface area contributed by atoms with E-state index in [-0.39, 0.29) is 0 Å². The van der Waals surface area contributed by atoms with Gasteiger partial charge in [0.05, 0.1) is 0 Å². The van der Waals surface area contributed by atoms with E-state index in [0.717, 1.165) is 48.4 Å². The van der Waals surface area contributed by atoms with Crippen molar-refractivity contribution in [2.75, 3.05) is 31.1 Å². The highest BCUT2D eigenvalue weighted by Gasteiger charge is 2.27. The van der Waals surface area contributed by atoms with Crippen molar-refractivity contribution in [2.24, 2.45) is 5.16 Å². The molecule has 1 aliphatic heterocycles. The summed E-state index contributed by atoms with van der Waals surface area (Å²) in [5.41, 5.74) is 6.30. The van der Waals surface area contributed by atoms with Crippen LogP contribution in [0.1, 0.15) is 25.0 Å². The van der Waals surface area contributed by atoms with Crippen LogP contribution in [-0.2, 0) is 0 Å². The number of benzene rings is 3. The van der Waals surface area contributed by atoms with Gasteiger partial charge in [-0.1, -0.05) is 49.3 Å². The van der Waals surface area contributed by atoms with Crippen LogP contribution in [0.5, 0.6) is 0 Å². The molecule has 3 aromatic rings. The fourth-order valence-electron chi connectivity index (χ4n) is 4.39. The number of thioether (sulfide) groups is 1. The standard InChI is InChI=1S/C26H27N3OS2/c1-18(2)31-20-8-10-22-23-11-9-21(17-25(23)26(27-30)24(22)16-20)32-29-14-12-28(13-15-29)19-6-4-3-5-7-19/h3-11,16-18,30H,12-15H2,1-2H3/b27-26-. The smallest absolute Gasteiger partial charge is 0.118 e. The lowest BCUT2D eigenvalue weighted by Crippen LogP contribution is -2.43. The Balaban J connectivity index is 1.31. The minimum atomic E-state index is 0.511. The average Bonchev–Trinajstić information content (AvgIpc) is 3.11. The monoisotopic (exact) mass is 461 g/mol. The van der Waals surface area contributed by atoms with Gasteiger partial charge in [-0.3, -0.25) is 0 Å². The normalized spacial score (nSPS) is 17.1. The van der Waals surface area contributed by atoms with Gasteiger partial charge in [0.2, 0.25) is 0 Å². The van der Waals surface area contributed by atoms with Crippen molar-refractivity contribution in [3.63, 3.8) is 0 Å². The molecule has 1 N–H and O–H groups in total. The molecule has 0 unspecified atom stereocenters. The predicted octanol–water partition coefficient (Wildman–Crippen LogP) is 6.22. The Morgan fingerprint density at radius 3 is 2.03 bits per heavy atom. The highest BCUT2D eigenvalue weighted by Crippen LogP contribution is 2.41. The second-order valence-corrected chi connectivity index (χ2v) is 11.2. The first kappa shape index (κ1) is 21.4. The van der Waals surface area contributed by atoms with Crippen molar-refractivity contribution >= 4 is 35.1 Å². The summed E-state index contributed by atoms with van der Waals surface area (Å²) in [6.45, 7) is 8.44. The number of oxime groups is 1. The zero-order valence-electron chi connectivity index (χ0n) is 18.4. The first-order valence-corrected chi connectivity index (χ1v) is 12.7. The van der Waals surface area contributed by atoms with Crippen LogP contribution in [0.3, 0.4) is 0 Å². The van der Waals surface area contributed by atoms with Crippen LogP contribution in [0.4, 0.5) is 5.69 Å². The molecule has 5 rings (SSSR count). The largest absolute Gasteiger partial charge is 0.410 e. The van der Waals surface area contributed by atoms with Gasteiger partial charge in [-0.05, 0) is 59.5 Å². The van der Waals surface area contributed by atoms with Crippen LogP contribution in [0.25, 0.3) is 11.1 Å². The summed E-state index contributed by atoms with van der Waals surface area (Å²) < 4.78 is 2.43. The van der Waals surface area contributed by atoms with Gasteiger partial charge in [-0.25, -0.2) is 4.31 Å². The summed E-state index contributed by atoms with van der Waals surface area (Å²) in [7, 11) is 0. The number of nitrogens with zero attached hydrogens (tertiary/aromatic N) is 3. The Morgan fingerprint density at radius 2 is 1.41 bits per heavy atom. The molecule has 0 radical (unpaired) electrons. The van der Waals surface area contributed by atoms with Crippen molar-refractivity contribution in [2.45, 2.75) is 28.9 Å². The maximum atomic E-state index is 9.84. The number of piperazine rings is 1. The molecule has 0 atom stereocenters. The molecular formula is C26H27N3OS2. The van der Waals surface area contributed by atoms with Gasteiger partial charge < -0.3 is 10.1 Å². The molecule has 0 saturated carbocycles. The molecule has 0 bridgehead atoms. The summed E-state index contributed by atoms with van der Waals surface area (Å²) >= 11 is 3.63. The number of anilines is 1. The van der Waals surface area contributed by atoms with Gasteiger partial charge in [0.15, 0.2) is 0 Å². The molecule has 0 aromatic heterocycles. The average molecular weight is 462 g/mol. The van der Waals surface area contributed by atoms with E-state index in [9.17, 15) is 5.21 Å². The summed E-state index contributed by atoms with van der Waals surface area (Å²) in [5, 5.41) is 14.1. The molecule has 2 aliphatic rings. The Morgan fingerprint density at radius 1 is 0.781 bits per heavy atom. The maximum Gasteiger partial charge on any atom is 0.118 e. The number of rotatable bonds is 5. The van der Waals surface area contributed by atoms with E-state index in [1.165, 1.54) is 15.5 Å². The highest BCUT2D eigenvalue weighted by atomic mass is 32.2. The van der Waals surface area contributed by atoms with Gasteiger partial charge in [0, 0.05) is 58.0 Å². The topological polar surface area (TPSA) is 39.1 Å². The number of fused-ring (bicyclic) bond motifs is 3. The van der Waals surface area contributed by atoms with Crippen molar-refractivity contribution in [1.29, 1.82) is 0 Å². The van der Waals surface area contributed by atoms with E-state index in [1.807, 2.05) is 11.8 Å². The van der Waals surface area contributed by atoms with E-state index < -0.39 is 0 Å². The molecular weight excluding hydrogens is 434 g/mol. The van der Waals surface area contributed by atoms with Crippen molar-refractivity contribution in [1.82, 2.24) is 4.31 Å². The molecule has 1 fully saturated rings. The summed E-state index contributed by atoms with van der Waals surface area (Å²) in [4.78, 5) is 4.83. The lowest BCUT2D eigenvalue weighted by atomic mass is 10.1. The predicted molar refractivity (Wildman–Crippen MR) is 136 cm³/mol. The van der Waals surface area contributed by atoms with E-state index in [4.69, 9.17) is 0 Å². The first-order valence-electron chi connectivity index (χ1n) is 11.0. The second-order valence-electron chi connectivity index (χ2n) is 8.37. The van der Waals surface area contributed by atoms with Gasteiger partial charge in [-0.15, -0.1) is 11.8 Å². The number of para-hydroxylation sites is 1. The van der Waals surface area contributed by atoms with Gasteiger partial charge in [0.1, 0.15) is 5.71 Å². The third kappa shape index (κ3) is 4.27. The molecule has 1 heterocycles. The minimum absolute atomic E-state index is 0.511. The molecule has 4 nitrogen and oxygen atoms in total. The lowest BCUT2D eigenvalue weighted by molar-refractivity contribution is 0.320. The molecule has 3 aromatic carbocycles. The van der Waals surface area contributed by atoms with E-state index in [0.29, 0.717) is 11.0 Å². The zero-order chi connectivity index (χ0) is 22.1. The zero-order valence-corrected chi connectivity index (χ0v) is 20.0. The van der Waals surface area contributed by atoms with Crippen LogP contribution < -0.4 is 4.90 Å². The van der Waals surface area contributed by atoms with Gasteiger partial charge >= 0.3 is 0 Å². The van der Waals surface area contributed by atoms with Crippen LogP contribution in [0, 0.1) is 0 Å². The van der Waals surface area contributed by atoms with E-state index in [1.54, 1.807) is 11.9 Å². The minimum Gasteiger partial charge on any atom is -0.410 e. The third-order valence-corrected chi connectivity index (χ3v) is 7.93. The van der Waals surface area contributed by atoms with Crippen molar-refractivity contribution in [3.05, 3.63) is 77.9 Å². The summed E-state index contributed by atoms with van der Waals surface area (Å²) in [6, 6.07) is 23.7. The molecule has 1 saturated heterocycles. The van der Waals surface area contributed by atoms with Crippen LogP contribution in [0.2, 0.25) is 0 Å². The Labute approximate surface area is 198 Å².